The van der Waals surface area contributed by atoms with E-state index in [-0.39, 0.29) is 107 Å². The Balaban J connectivity index is -0.000000430. The van der Waals surface area contributed by atoms with E-state index in [4.69, 9.17) is 57.6 Å². The second-order valence-electron chi connectivity index (χ2n) is 26.5. The molecule has 0 aliphatic carbocycles. The van der Waals surface area contributed by atoms with Crippen molar-refractivity contribution in [1.29, 1.82) is 0 Å². The Bertz CT molecular complexity index is 2640. The van der Waals surface area contributed by atoms with E-state index < -0.39 is 76.5 Å². The van der Waals surface area contributed by atoms with Gasteiger partial charge in [-0.1, -0.05) is 105 Å². The lowest BCUT2D eigenvalue weighted by atomic mass is 9.97. The molecule has 5 atom stereocenters. The first kappa shape index (κ1) is 111. The van der Waals surface area contributed by atoms with Crippen LogP contribution in [0.3, 0.4) is 0 Å². The van der Waals surface area contributed by atoms with Gasteiger partial charge in [0.1, 0.15) is 32.5 Å². The summed E-state index contributed by atoms with van der Waals surface area (Å²) in [6, 6.07) is 0. The van der Waals surface area contributed by atoms with Gasteiger partial charge in [-0.15, -0.1) is 13.2 Å². The zero-order valence-electron chi connectivity index (χ0n) is 68.0. The van der Waals surface area contributed by atoms with E-state index >= 15 is 0 Å². The Morgan fingerprint density at radius 3 is 1.24 bits per heavy atom. The standard InChI is InChI=1S/C22H38O6.C21H36O6.C16H26O7S.C15H24O6S.C6H10O3/c1-4-7-9-13-19(5-2)18-28-22(25)14-10-8-11-16-27-21(24)15-12-17-26-20(23)6-3;1-4-7-12-17(6-3)16-27-19(22)13-9-8-10-14-26-20(23)15-18(11-5-2)21(24)25;1-11(2)14(19)23-9-12(17)8-22-13(18)6-7-24-10-16(3,4)15(20)21-5;1-5-6-11(13(17)18)9-12(16)21-7-8-22-10-15(2,3)14(19)20-4;1-3-6(7)9-5-4-8-2/h6,19H,3-5,7-18H2,1-2H3;5,17-18H,2,4,6-16H2,1,3H3,(H,24,25);12,17H,1,6-10H2,2-5H3;5,11H,1,6-10H2,2-4H3,(H,17,18);3H,1,4-5H2,2H3. The molecule has 0 bridgehead atoms. The van der Waals surface area contributed by atoms with Crippen LogP contribution in [0.5, 0.6) is 0 Å². The van der Waals surface area contributed by atoms with Gasteiger partial charge in [0.05, 0.1) is 95.8 Å². The van der Waals surface area contributed by atoms with Gasteiger partial charge in [0.25, 0.3) is 0 Å². The first-order chi connectivity index (χ1) is 52.1. The molecular weight excluding hydrogens is 1470 g/mol. The Labute approximate surface area is 662 Å². The van der Waals surface area contributed by atoms with Gasteiger partial charge >= 0.3 is 77.6 Å². The number of unbranched alkanes of at least 4 members (excludes halogenated alkanes) is 7. The number of ether oxygens (including phenoxy) is 12. The Hall–Kier alpha value is -7.57. The lowest BCUT2D eigenvalue weighted by Gasteiger charge is -2.20. The number of aliphatic hydroxyl groups excluding tert-OH is 1. The second-order valence-corrected chi connectivity index (χ2v) is 28.7. The number of hydrogen-bond acceptors (Lipinski definition) is 28. The summed E-state index contributed by atoms with van der Waals surface area (Å²) in [6.07, 6.45) is 20.4. The maximum atomic E-state index is 11.8. The highest BCUT2D eigenvalue weighted by atomic mass is 32.2. The normalized spacial score (nSPS) is 11.9. The predicted molar refractivity (Wildman–Crippen MR) is 421 cm³/mol. The number of thioether (sulfide) groups is 2. The minimum atomic E-state index is -1.08. The summed E-state index contributed by atoms with van der Waals surface area (Å²) < 4.78 is 58.9. The molecule has 110 heavy (non-hydrogen) atoms. The summed E-state index contributed by atoms with van der Waals surface area (Å²) in [4.78, 5) is 147. The average Bonchev–Trinajstić information content (AvgIpc) is 0.902. The zero-order chi connectivity index (χ0) is 84.6. The molecular formula is C80H134O28S2. The van der Waals surface area contributed by atoms with Crippen molar-refractivity contribution in [3.8, 4) is 0 Å². The highest BCUT2D eigenvalue weighted by molar-refractivity contribution is 7.99. The van der Waals surface area contributed by atoms with Gasteiger partial charge < -0.3 is 72.2 Å². The molecule has 0 amide bonds. The molecule has 0 aliphatic heterocycles. The second kappa shape index (κ2) is 74.2. The number of rotatable bonds is 61. The Morgan fingerprint density at radius 1 is 0.427 bits per heavy atom. The fraction of sp³-hybridized carbons (Fsp3) is 0.713. The van der Waals surface area contributed by atoms with Gasteiger partial charge in [0.2, 0.25) is 0 Å². The molecule has 28 nitrogen and oxygen atoms in total. The summed E-state index contributed by atoms with van der Waals surface area (Å²) in [5.74, 6) is -4.86. The van der Waals surface area contributed by atoms with Crippen LogP contribution >= 0.6 is 23.5 Å². The van der Waals surface area contributed by atoms with Crippen LogP contribution in [0.1, 0.15) is 216 Å². The first-order valence-electron chi connectivity index (χ1n) is 37.6. The van der Waals surface area contributed by atoms with Crippen LogP contribution in [-0.4, -0.2) is 209 Å². The average molecular weight is 1610 g/mol. The topological polar surface area (TPSA) is 393 Å². The van der Waals surface area contributed by atoms with Crippen molar-refractivity contribution in [3.05, 3.63) is 62.8 Å². The molecule has 0 aromatic rings. The van der Waals surface area contributed by atoms with Gasteiger partial charge in [0.15, 0.2) is 0 Å². The maximum Gasteiger partial charge on any atom is 0.333 e. The van der Waals surface area contributed by atoms with E-state index in [2.05, 4.69) is 70.1 Å². The molecule has 0 radical (unpaired) electrons. The molecule has 0 aromatic heterocycles. The van der Waals surface area contributed by atoms with E-state index in [9.17, 15) is 67.4 Å². The third-order valence-electron chi connectivity index (χ3n) is 15.5. The summed E-state index contributed by atoms with van der Waals surface area (Å²) >= 11 is 2.91. The smallest absolute Gasteiger partial charge is 0.333 e. The van der Waals surface area contributed by atoms with Gasteiger partial charge in [-0.2, -0.15) is 23.5 Å². The number of hydrogen-bond donors (Lipinski definition) is 3. The van der Waals surface area contributed by atoms with Crippen LogP contribution < -0.4 is 0 Å². The van der Waals surface area contributed by atoms with E-state index in [0.717, 1.165) is 76.4 Å². The SMILES string of the molecule is C=C(C)C(=O)OCC(O)COC(=O)CCSCC(C)(C)C(=O)OC.C=CC(=O)OCCCC(=O)OCCCCCC(=O)OCC(CC)CCCCC.C=CC(=O)OCCOC.C=CCC(CC(=O)OCCCCCC(=O)OCC(CC)CCCC)C(=O)O.C=CCC(CC(=O)OCCSCC(C)(C)C(=O)OC)C(=O)O. The van der Waals surface area contributed by atoms with Crippen molar-refractivity contribution in [2.45, 2.75) is 223 Å². The van der Waals surface area contributed by atoms with Crippen LogP contribution in [0, 0.1) is 34.5 Å². The van der Waals surface area contributed by atoms with E-state index in [1.165, 1.54) is 76.1 Å². The lowest BCUT2D eigenvalue weighted by molar-refractivity contribution is -0.151. The van der Waals surface area contributed by atoms with Crippen LogP contribution in [0.25, 0.3) is 0 Å². The molecule has 30 heteroatoms. The summed E-state index contributed by atoms with van der Waals surface area (Å²) in [5, 5.41) is 27.5. The van der Waals surface area contributed by atoms with Crippen LogP contribution in [0.4, 0.5) is 0 Å². The highest BCUT2D eigenvalue weighted by Gasteiger charge is 2.30. The van der Waals surface area contributed by atoms with E-state index in [0.29, 0.717) is 100.0 Å². The predicted octanol–water partition coefficient (Wildman–Crippen LogP) is 13.1. The summed E-state index contributed by atoms with van der Waals surface area (Å²) in [5.41, 5.74) is -0.986. The molecule has 0 rings (SSSR count). The van der Waals surface area contributed by atoms with Crippen LogP contribution in [0.15, 0.2) is 62.8 Å². The number of esters is 11. The fourth-order valence-electron chi connectivity index (χ4n) is 8.59. The van der Waals surface area contributed by atoms with Crippen LogP contribution in [0.2, 0.25) is 0 Å². The summed E-state index contributed by atoms with van der Waals surface area (Å²) in [7, 11) is 4.23. The number of carboxylic acid groups (broad SMARTS) is 2. The zero-order valence-corrected chi connectivity index (χ0v) is 69.6. The Kier molecular flexibility index (Phi) is 74.9. The first-order valence-corrected chi connectivity index (χ1v) is 39.9. The van der Waals surface area contributed by atoms with Gasteiger partial charge in [-0.05, 0) is 117 Å². The molecule has 0 saturated carbocycles. The molecule has 0 aliphatic rings. The van der Waals surface area contributed by atoms with Crippen molar-refractivity contribution in [2.75, 3.05) is 110 Å². The fourth-order valence-corrected chi connectivity index (χ4v) is 10.6. The van der Waals surface area contributed by atoms with Gasteiger partial charge in [-0.3, -0.25) is 47.9 Å². The molecule has 634 valence electrons. The number of carbonyl (C=O) groups excluding carboxylic acids is 11. The monoisotopic (exact) mass is 1610 g/mol. The number of carboxylic acids is 2. The molecule has 0 heterocycles. The van der Waals surface area contributed by atoms with Crippen LogP contribution in [-0.2, 0) is 119 Å². The van der Waals surface area contributed by atoms with Gasteiger partial charge in [0, 0.05) is 67.1 Å². The van der Waals surface area contributed by atoms with Crippen molar-refractivity contribution in [3.63, 3.8) is 0 Å². The molecule has 0 saturated heterocycles. The lowest BCUT2D eigenvalue weighted by Crippen LogP contribution is -2.28. The number of carbonyl (C=O) groups is 13. The Morgan fingerprint density at radius 2 is 0.818 bits per heavy atom. The largest absolute Gasteiger partial charge is 0.481 e. The number of aliphatic hydroxyl groups is 1. The van der Waals surface area contributed by atoms with Crippen molar-refractivity contribution in [2.24, 2.45) is 34.5 Å². The number of allylic oxidation sites excluding steroid dienone is 2. The minimum absolute atomic E-state index is 0.139. The number of aliphatic carboxylic acids is 2. The quantitative estimate of drug-likeness (QED) is 0.0167. The molecule has 5 unspecified atom stereocenters. The van der Waals surface area contributed by atoms with Crippen molar-refractivity contribution >= 4 is 101 Å². The third kappa shape index (κ3) is 70.8. The maximum absolute atomic E-state index is 11.8. The molecule has 0 fully saturated rings. The number of methoxy groups -OCH3 is 3. The third-order valence-corrected chi connectivity index (χ3v) is 18.3. The van der Waals surface area contributed by atoms with Gasteiger partial charge in [-0.25, -0.2) is 14.4 Å². The highest BCUT2D eigenvalue weighted by Crippen LogP contribution is 2.25. The molecule has 0 spiro atoms. The van der Waals surface area contributed by atoms with E-state index in [1.807, 2.05) is 0 Å². The van der Waals surface area contributed by atoms with E-state index in [1.54, 1.807) is 34.8 Å². The minimum Gasteiger partial charge on any atom is -0.481 e. The van der Waals surface area contributed by atoms with Crippen molar-refractivity contribution < 1.29 is 134 Å². The van der Waals surface area contributed by atoms with Crippen molar-refractivity contribution in [1.82, 2.24) is 0 Å². The molecule has 0 aromatic carbocycles. The molecule has 3 N–H and O–H groups in total. The summed E-state index contributed by atoms with van der Waals surface area (Å²) in [6.45, 7) is 36.3.